The number of ether oxygens (including phenoxy) is 2. The first-order valence-electron chi connectivity index (χ1n) is 9.00. The van der Waals surface area contributed by atoms with Crippen molar-refractivity contribution in [1.29, 1.82) is 0 Å². The lowest BCUT2D eigenvalue weighted by molar-refractivity contribution is -0.134. The molecule has 2 amide bonds. The van der Waals surface area contributed by atoms with Gasteiger partial charge in [-0.05, 0) is 33.6 Å². The van der Waals surface area contributed by atoms with Gasteiger partial charge in [0, 0.05) is 14.2 Å². The molecule has 0 radical (unpaired) electrons. The van der Waals surface area contributed by atoms with E-state index in [1.165, 1.54) is 16.3 Å². The average Bonchev–Trinajstić information content (AvgIpc) is 2.85. The lowest BCUT2D eigenvalue weighted by atomic mass is 9.84. The van der Waals surface area contributed by atoms with E-state index in [-0.39, 0.29) is 24.5 Å². The molecular formula is C18H31N3O4. The van der Waals surface area contributed by atoms with E-state index in [0.29, 0.717) is 12.3 Å². The molecular weight excluding hydrogens is 322 g/mol. The van der Waals surface area contributed by atoms with Gasteiger partial charge in [-0.15, -0.1) is 0 Å². The quantitative estimate of drug-likeness (QED) is 0.762. The molecule has 0 atom stereocenters. The van der Waals surface area contributed by atoms with E-state index < -0.39 is 11.7 Å². The second-order valence-corrected chi connectivity index (χ2v) is 8.08. The molecule has 1 aliphatic carbocycles. The molecule has 0 unspecified atom stereocenters. The Kier molecular flexibility index (Phi) is 6.08. The van der Waals surface area contributed by atoms with Gasteiger partial charge in [0.25, 0.3) is 0 Å². The van der Waals surface area contributed by atoms with Crippen molar-refractivity contribution in [2.45, 2.75) is 70.5 Å². The minimum Gasteiger partial charge on any atom is -0.444 e. The van der Waals surface area contributed by atoms with Crippen LogP contribution in [0.1, 0.15) is 59.3 Å². The molecule has 25 heavy (non-hydrogen) atoms. The van der Waals surface area contributed by atoms with Crippen molar-refractivity contribution in [2.75, 3.05) is 27.2 Å². The van der Waals surface area contributed by atoms with Crippen molar-refractivity contribution in [3.8, 4) is 0 Å². The van der Waals surface area contributed by atoms with Gasteiger partial charge >= 0.3 is 6.09 Å². The first kappa shape index (κ1) is 19.7. The van der Waals surface area contributed by atoms with Crippen molar-refractivity contribution < 1.29 is 19.1 Å². The predicted octanol–water partition coefficient (Wildman–Crippen LogP) is 2.79. The van der Waals surface area contributed by atoms with Crippen LogP contribution >= 0.6 is 0 Å². The molecule has 7 nitrogen and oxygen atoms in total. The fraction of sp³-hybridized carbons (Fsp3) is 0.833. The Morgan fingerprint density at radius 3 is 2.48 bits per heavy atom. The normalized spacial score (nSPS) is 20.4. The molecule has 0 bridgehead atoms. The van der Waals surface area contributed by atoms with Gasteiger partial charge in [-0.2, -0.15) is 5.10 Å². The van der Waals surface area contributed by atoms with Gasteiger partial charge in [0.1, 0.15) is 5.60 Å². The Labute approximate surface area is 150 Å². The molecule has 0 aromatic rings. The Morgan fingerprint density at radius 1 is 1.28 bits per heavy atom. The summed E-state index contributed by atoms with van der Waals surface area (Å²) in [7, 11) is 3.37. The van der Waals surface area contributed by atoms with Crippen LogP contribution in [0.15, 0.2) is 5.10 Å². The Bertz CT molecular complexity index is 533. The molecule has 1 saturated carbocycles. The molecule has 0 aromatic carbocycles. The van der Waals surface area contributed by atoms with E-state index in [1.807, 2.05) is 20.8 Å². The van der Waals surface area contributed by atoms with E-state index in [2.05, 4.69) is 5.10 Å². The summed E-state index contributed by atoms with van der Waals surface area (Å²) in [4.78, 5) is 25.8. The fourth-order valence-electron chi connectivity index (χ4n) is 3.31. The van der Waals surface area contributed by atoms with Crippen LogP contribution in [0.4, 0.5) is 4.79 Å². The summed E-state index contributed by atoms with van der Waals surface area (Å²) >= 11 is 0. The summed E-state index contributed by atoms with van der Waals surface area (Å²) in [5.74, 6) is -0.0328. The maximum atomic E-state index is 12.3. The largest absolute Gasteiger partial charge is 0.444 e. The van der Waals surface area contributed by atoms with Gasteiger partial charge in [0.15, 0.2) is 0 Å². The lowest BCUT2D eigenvalue weighted by Crippen LogP contribution is -2.45. The summed E-state index contributed by atoms with van der Waals surface area (Å²) < 4.78 is 11.1. The van der Waals surface area contributed by atoms with Gasteiger partial charge in [-0.1, -0.05) is 19.3 Å². The first-order chi connectivity index (χ1) is 11.6. The zero-order valence-electron chi connectivity index (χ0n) is 16.1. The molecule has 0 saturated heterocycles. The van der Waals surface area contributed by atoms with Gasteiger partial charge in [0.05, 0.1) is 30.8 Å². The first-order valence-corrected chi connectivity index (χ1v) is 9.00. The van der Waals surface area contributed by atoms with Crippen LogP contribution in [0, 0.1) is 0 Å². The summed E-state index contributed by atoms with van der Waals surface area (Å²) in [6.45, 7) is 6.25. The molecule has 2 rings (SSSR count). The number of hydrogen-bond donors (Lipinski definition) is 0. The minimum atomic E-state index is -0.545. The number of hydrogen-bond acceptors (Lipinski definition) is 5. The summed E-state index contributed by atoms with van der Waals surface area (Å²) in [5.41, 5.74) is -0.152. The highest BCUT2D eigenvalue weighted by atomic mass is 16.6. The van der Waals surface area contributed by atoms with Crippen LogP contribution in [0.25, 0.3) is 0 Å². The van der Waals surface area contributed by atoms with E-state index in [1.54, 1.807) is 14.2 Å². The zero-order chi connectivity index (χ0) is 18.7. The Hall–Kier alpha value is -1.63. The standard InChI is InChI=1S/C18H31N3O4/c1-17(2,3)25-16(23)20(4)12-14-11-15(22)21(19-14)13-18(24-5)9-7-6-8-10-18/h6-13H2,1-5H3. The molecule has 1 heterocycles. The molecule has 0 spiro atoms. The number of carbonyl (C=O) groups is 2. The van der Waals surface area contributed by atoms with Crippen molar-refractivity contribution in [2.24, 2.45) is 5.10 Å². The molecule has 142 valence electrons. The maximum Gasteiger partial charge on any atom is 0.410 e. The van der Waals surface area contributed by atoms with E-state index in [4.69, 9.17) is 9.47 Å². The van der Waals surface area contributed by atoms with Crippen LogP contribution in [-0.2, 0) is 14.3 Å². The molecule has 0 aromatic heterocycles. The molecule has 2 aliphatic rings. The zero-order valence-corrected chi connectivity index (χ0v) is 16.1. The van der Waals surface area contributed by atoms with Gasteiger partial charge in [-0.3, -0.25) is 4.79 Å². The van der Waals surface area contributed by atoms with Crippen molar-refractivity contribution in [3.05, 3.63) is 0 Å². The third-order valence-electron chi connectivity index (χ3n) is 4.67. The van der Waals surface area contributed by atoms with Crippen LogP contribution in [-0.4, -0.2) is 66.1 Å². The van der Waals surface area contributed by atoms with Crippen LogP contribution in [0.5, 0.6) is 0 Å². The maximum absolute atomic E-state index is 12.3. The summed E-state index contributed by atoms with van der Waals surface area (Å²) in [6.07, 6.45) is 5.19. The van der Waals surface area contributed by atoms with Crippen molar-refractivity contribution >= 4 is 17.7 Å². The number of amides is 2. The van der Waals surface area contributed by atoms with E-state index in [9.17, 15) is 9.59 Å². The van der Waals surface area contributed by atoms with Crippen LogP contribution in [0.2, 0.25) is 0 Å². The monoisotopic (exact) mass is 353 g/mol. The smallest absolute Gasteiger partial charge is 0.410 e. The number of nitrogens with zero attached hydrogens (tertiary/aromatic N) is 3. The lowest BCUT2D eigenvalue weighted by Gasteiger charge is -2.37. The molecule has 0 N–H and O–H groups in total. The highest BCUT2D eigenvalue weighted by Crippen LogP contribution is 2.32. The van der Waals surface area contributed by atoms with Gasteiger partial charge < -0.3 is 14.4 Å². The second-order valence-electron chi connectivity index (χ2n) is 8.08. The number of carbonyl (C=O) groups excluding carboxylic acids is 2. The highest BCUT2D eigenvalue weighted by Gasteiger charge is 2.37. The summed E-state index contributed by atoms with van der Waals surface area (Å²) in [5, 5.41) is 5.97. The fourth-order valence-corrected chi connectivity index (χ4v) is 3.31. The number of hydrazone groups is 1. The van der Waals surface area contributed by atoms with Gasteiger partial charge in [-0.25, -0.2) is 9.80 Å². The third-order valence-corrected chi connectivity index (χ3v) is 4.67. The third kappa shape index (κ3) is 5.42. The molecule has 1 aliphatic heterocycles. The van der Waals surface area contributed by atoms with E-state index >= 15 is 0 Å². The molecule has 7 heteroatoms. The number of rotatable bonds is 5. The SMILES string of the molecule is COC1(CN2N=C(CN(C)C(=O)OC(C)(C)C)CC2=O)CCCCC1. The molecule has 1 fully saturated rings. The Morgan fingerprint density at radius 2 is 1.92 bits per heavy atom. The number of methoxy groups -OCH3 is 1. The summed E-state index contributed by atoms with van der Waals surface area (Å²) in [6, 6.07) is 0. The van der Waals surface area contributed by atoms with Crippen LogP contribution in [0.3, 0.4) is 0 Å². The second kappa shape index (κ2) is 7.72. The minimum absolute atomic E-state index is 0.0328. The average molecular weight is 353 g/mol. The highest BCUT2D eigenvalue weighted by molar-refractivity contribution is 6.06. The van der Waals surface area contributed by atoms with Crippen molar-refractivity contribution in [1.82, 2.24) is 9.91 Å². The Balaban J connectivity index is 1.96. The van der Waals surface area contributed by atoms with E-state index in [0.717, 1.165) is 25.7 Å². The van der Waals surface area contributed by atoms with Crippen molar-refractivity contribution in [3.63, 3.8) is 0 Å². The van der Waals surface area contributed by atoms with Crippen LogP contribution < -0.4 is 0 Å². The predicted molar refractivity (Wildman–Crippen MR) is 95.5 cm³/mol. The topological polar surface area (TPSA) is 71.4 Å². The van der Waals surface area contributed by atoms with Gasteiger partial charge in [0.2, 0.25) is 5.91 Å².